The largest absolute Gasteiger partial charge is 0.450 e. The van der Waals surface area contributed by atoms with Crippen molar-refractivity contribution in [3.05, 3.63) is 39.9 Å². The maximum absolute atomic E-state index is 11.6. The van der Waals surface area contributed by atoms with E-state index < -0.39 is 11.0 Å². The topological polar surface area (TPSA) is 96.5 Å². The number of hydrogen-bond donors (Lipinski definition) is 0. The first-order chi connectivity index (χ1) is 9.60. The molecule has 1 amide bonds. The Hall–Kier alpha value is -2.62. The number of carbonyl (C=O) groups is 1. The number of nitro groups is 1. The molecule has 1 aromatic rings. The van der Waals surface area contributed by atoms with Gasteiger partial charge in [-0.1, -0.05) is 18.2 Å². The molecule has 0 saturated carbocycles. The van der Waals surface area contributed by atoms with E-state index in [-0.39, 0.29) is 31.8 Å². The zero-order chi connectivity index (χ0) is 15.0. The fourth-order valence-electron chi connectivity index (χ4n) is 1.69. The number of hydrogen-bond acceptors (Lipinski definition) is 5. The molecule has 20 heavy (non-hydrogen) atoms. The molecule has 0 aromatic heterocycles. The highest BCUT2D eigenvalue weighted by Gasteiger charge is 2.17. The van der Waals surface area contributed by atoms with Crippen LogP contribution < -0.4 is 0 Å². The molecule has 0 fully saturated rings. The van der Waals surface area contributed by atoms with Gasteiger partial charge in [-0.15, -0.1) is 0 Å². The van der Waals surface area contributed by atoms with E-state index in [9.17, 15) is 14.9 Å². The van der Waals surface area contributed by atoms with Gasteiger partial charge < -0.3 is 4.74 Å². The third-order valence-electron chi connectivity index (χ3n) is 2.63. The third-order valence-corrected chi connectivity index (χ3v) is 2.63. The minimum Gasteiger partial charge on any atom is -0.450 e. The van der Waals surface area contributed by atoms with Gasteiger partial charge in [-0.2, -0.15) is 5.26 Å². The summed E-state index contributed by atoms with van der Waals surface area (Å²) in [6, 6.07) is 8.19. The lowest BCUT2D eigenvalue weighted by atomic mass is 10.1. The van der Waals surface area contributed by atoms with Gasteiger partial charge in [0.05, 0.1) is 17.6 Å². The van der Waals surface area contributed by atoms with Crippen LogP contribution in [0.1, 0.15) is 12.5 Å². The van der Waals surface area contributed by atoms with Crippen LogP contribution in [0.5, 0.6) is 0 Å². The molecule has 7 heteroatoms. The molecule has 0 aliphatic heterocycles. The van der Waals surface area contributed by atoms with Gasteiger partial charge in [0.2, 0.25) is 0 Å². The van der Waals surface area contributed by atoms with Gasteiger partial charge in [0.1, 0.15) is 6.54 Å². The van der Waals surface area contributed by atoms with Gasteiger partial charge in [0.25, 0.3) is 5.69 Å². The average molecular weight is 277 g/mol. The molecule has 0 unspecified atom stereocenters. The van der Waals surface area contributed by atoms with Crippen molar-refractivity contribution in [2.45, 2.75) is 13.3 Å². The van der Waals surface area contributed by atoms with E-state index in [1.54, 1.807) is 25.1 Å². The van der Waals surface area contributed by atoms with Crippen molar-refractivity contribution in [2.75, 3.05) is 19.7 Å². The molecule has 0 aliphatic rings. The Morgan fingerprint density at radius 3 is 2.80 bits per heavy atom. The number of benzene rings is 1. The fourth-order valence-corrected chi connectivity index (χ4v) is 1.69. The molecular weight excluding hydrogens is 262 g/mol. The second-order valence-electron chi connectivity index (χ2n) is 3.91. The Bertz CT molecular complexity index is 525. The molecule has 0 radical (unpaired) electrons. The molecule has 1 rings (SSSR count). The molecule has 0 atom stereocenters. The van der Waals surface area contributed by atoms with E-state index in [2.05, 4.69) is 0 Å². The number of rotatable bonds is 6. The number of nitrogens with zero attached hydrogens (tertiary/aromatic N) is 3. The molecule has 106 valence electrons. The van der Waals surface area contributed by atoms with E-state index in [0.717, 1.165) is 0 Å². The van der Waals surface area contributed by atoms with Gasteiger partial charge in [-0.25, -0.2) is 4.79 Å². The normalized spacial score (nSPS) is 9.60. The fraction of sp³-hybridized carbons (Fsp3) is 0.385. The molecule has 0 heterocycles. The van der Waals surface area contributed by atoms with Crippen LogP contribution in [0.4, 0.5) is 10.5 Å². The van der Waals surface area contributed by atoms with E-state index in [1.165, 1.54) is 11.0 Å². The second kappa shape index (κ2) is 7.74. The maximum atomic E-state index is 11.6. The van der Waals surface area contributed by atoms with Crippen molar-refractivity contribution in [3.63, 3.8) is 0 Å². The van der Waals surface area contributed by atoms with Gasteiger partial charge in [-0.3, -0.25) is 15.0 Å². The van der Waals surface area contributed by atoms with Crippen molar-refractivity contribution in [3.8, 4) is 6.07 Å². The molecule has 0 spiro atoms. The zero-order valence-corrected chi connectivity index (χ0v) is 11.1. The molecular formula is C13H15N3O4. The SMILES string of the molecule is CCOC(=O)N(CC#N)CCc1ccccc1[N+](=O)[O-]. The van der Waals surface area contributed by atoms with Crippen molar-refractivity contribution < 1.29 is 14.5 Å². The van der Waals surface area contributed by atoms with Crippen LogP contribution in [0.25, 0.3) is 0 Å². The van der Waals surface area contributed by atoms with Crippen LogP contribution in [0.3, 0.4) is 0 Å². The predicted octanol–water partition coefficient (Wildman–Crippen LogP) is 2.12. The summed E-state index contributed by atoms with van der Waals surface area (Å²) in [6.45, 7) is 1.97. The number of para-hydroxylation sites is 1. The number of nitriles is 1. The molecule has 0 N–H and O–H groups in total. The van der Waals surface area contributed by atoms with Gasteiger partial charge in [0.15, 0.2) is 0 Å². The molecule has 0 bridgehead atoms. The Morgan fingerprint density at radius 1 is 1.50 bits per heavy atom. The highest BCUT2D eigenvalue weighted by molar-refractivity contribution is 5.67. The van der Waals surface area contributed by atoms with E-state index in [4.69, 9.17) is 10.00 Å². The molecule has 7 nitrogen and oxygen atoms in total. The molecule has 1 aromatic carbocycles. The summed E-state index contributed by atoms with van der Waals surface area (Å²) in [5.41, 5.74) is 0.526. The van der Waals surface area contributed by atoms with Crippen molar-refractivity contribution in [1.82, 2.24) is 4.90 Å². The summed E-state index contributed by atoms with van der Waals surface area (Å²) < 4.78 is 4.82. The van der Waals surface area contributed by atoms with Crippen LogP contribution in [0.15, 0.2) is 24.3 Å². The smallest absolute Gasteiger partial charge is 0.410 e. The van der Waals surface area contributed by atoms with Gasteiger partial charge in [0, 0.05) is 18.2 Å². The van der Waals surface area contributed by atoms with E-state index in [0.29, 0.717) is 5.56 Å². The minimum atomic E-state index is -0.590. The summed E-state index contributed by atoms with van der Waals surface area (Å²) in [5.74, 6) is 0. The Balaban J connectivity index is 2.75. The lowest BCUT2D eigenvalue weighted by Crippen LogP contribution is -2.33. The maximum Gasteiger partial charge on any atom is 0.410 e. The van der Waals surface area contributed by atoms with E-state index in [1.807, 2.05) is 6.07 Å². The molecule has 0 saturated heterocycles. The quantitative estimate of drug-likeness (QED) is 0.450. The van der Waals surface area contributed by atoms with Crippen molar-refractivity contribution in [1.29, 1.82) is 5.26 Å². The first-order valence-electron chi connectivity index (χ1n) is 6.11. The highest BCUT2D eigenvalue weighted by atomic mass is 16.6. The Morgan fingerprint density at radius 2 is 2.20 bits per heavy atom. The first-order valence-corrected chi connectivity index (χ1v) is 6.11. The lowest BCUT2D eigenvalue weighted by molar-refractivity contribution is -0.385. The van der Waals surface area contributed by atoms with Crippen LogP contribution in [0.2, 0.25) is 0 Å². The van der Waals surface area contributed by atoms with E-state index >= 15 is 0 Å². The van der Waals surface area contributed by atoms with Crippen LogP contribution >= 0.6 is 0 Å². The number of amides is 1. The number of carbonyl (C=O) groups excluding carboxylic acids is 1. The standard InChI is InChI=1S/C13H15N3O4/c1-2-20-13(17)15(10-8-14)9-7-11-5-3-4-6-12(11)16(18)19/h3-6H,2,7,9-10H2,1H3. The molecule has 0 aliphatic carbocycles. The van der Waals surface area contributed by atoms with Gasteiger partial charge >= 0.3 is 6.09 Å². The van der Waals surface area contributed by atoms with Crippen LogP contribution in [-0.2, 0) is 11.2 Å². The lowest BCUT2D eigenvalue weighted by Gasteiger charge is -2.18. The second-order valence-corrected chi connectivity index (χ2v) is 3.91. The number of ether oxygens (including phenoxy) is 1. The first kappa shape index (κ1) is 15.4. The summed E-state index contributed by atoms with van der Waals surface area (Å²) in [4.78, 5) is 23.2. The monoisotopic (exact) mass is 277 g/mol. The number of nitro benzene ring substituents is 1. The van der Waals surface area contributed by atoms with Crippen molar-refractivity contribution >= 4 is 11.8 Å². The van der Waals surface area contributed by atoms with Crippen LogP contribution in [0, 0.1) is 21.4 Å². The summed E-state index contributed by atoms with van der Waals surface area (Å²) in [5, 5.41) is 19.6. The summed E-state index contributed by atoms with van der Waals surface area (Å²) in [6.07, 6.45) is -0.301. The zero-order valence-electron chi connectivity index (χ0n) is 11.1. The summed E-state index contributed by atoms with van der Waals surface area (Å²) in [7, 11) is 0. The van der Waals surface area contributed by atoms with Crippen molar-refractivity contribution in [2.24, 2.45) is 0 Å². The average Bonchev–Trinajstić information content (AvgIpc) is 2.43. The van der Waals surface area contributed by atoms with Gasteiger partial charge in [-0.05, 0) is 13.3 Å². The van der Waals surface area contributed by atoms with Crippen LogP contribution in [-0.4, -0.2) is 35.6 Å². The summed E-state index contributed by atoms with van der Waals surface area (Å²) >= 11 is 0. The Labute approximate surface area is 116 Å². The Kier molecular flexibility index (Phi) is 5.97. The predicted molar refractivity (Wildman–Crippen MR) is 71.0 cm³/mol. The highest BCUT2D eigenvalue weighted by Crippen LogP contribution is 2.18. The third kappa shape index (κ3) is 4.24. The minimum absolute atomic E-state index is 0.00765.